The minimum atomic E-state index is -0.655. The molecule has 8 heteroatoms. The molecule has 1 aliphatic heterocycles. The highest BCUT2D eigenvalue weighted by Gasteiger charge is 2.63. The van der Waals surface area contributed by atoms with Gasteiger partial charge in [0.1, 0.15) is 12.1 Å². The number of likely N-dealkylation sites (N-methyl/N-ethyl adjacent to an activating group) is 1. The monoisotopic (exact) mass is 391 g/mol. The van der Waals surface area contributed by atoms with Crippen molar-refractivity contribution < 1.29 is 14.4 Å². The second-order valence-electron chi connectivity index (χ2n) is 9.37. The lowest BCUT2D eigenvalue weighted by Gasteiger charge is -2.38. The van der Waals surface area contributed by atoms with E-state index < -0.39 is 23.5 Å². The van der Waals surface area contributed by atoms with E-state index in [-0.39, 0.29) is 29.3 Å². The summed E-state index contributed by atoms with van der Waals surface area (Å²) in [5.74, 6) is 0.275. The number of carbonyl (C=O) groups is 1. The molecule has 2 aliphatic carbocycles. The number of hydrogen-bond donors (Lipinski definition) is 1. The number of aromatic amines is 1. The molecule has 0 amide bonds. The van der Waals surface area contributed by atoms with E-state index in [0.717, 1.165) is 12.8 Å². The third-order valence-electron chi connectivity index (χ3n) is 7.85. The van der Waals surface area contributed by atoms with Crippen LogP contribution >= 0.6 is 0 Å². The van der Waals surface area contributed by atoms with Crippen LogP contribution < -0.4 is 11.2 Å². The van der Waals surface area contributed by atoms with Crippen molar-refractivity contribution in [1.29, 1.82) is 0 Å². The minimum Gasteiger partial charge on any atom is -0.461 e. The number of hydrogen-bond acceptors (Lipinski definition) is 6. The Morgan fingerprint density at radius 2 is 2.00 bits per heavy atom. The number of aryl methyl sites for hydroxylation is 1. The van der Waals surface area contributed by atoms with Crippen LogP contribution in [0, 0.1) is 23.7 Å². The van der Waals surface area contributed by atoms with E-state index >= 15 is 0 Å². The zero-order valence-electron chi connectivity index (χ0n) is 17.2. The van der Waals surface area contributed by atoms with Gasteiger partial charge in [-0.15, -0.1) is 0 Å². The van der Waals surface area contributed by atoms with Crippen molar-refractivity contribution in [3.8, 4) is 0 Å². The molecule has 1 saturated heterocycles. The molecule has 28 heavy (non-hydrogen) atoms. The predicted molar refractivity (Wildman–Crippen MR) is 101 cm³/mol. The lowest BCUT2D eigenvalue weighted by Crippen LogP contribution is -2.42. The maximum absolute atomic E-state index is 12.9. The third kappa shape index (κ3) is 2.69. The molecule has 4 rings (SSSR count). The fourth-order valence-corrected chi connectivity index (χ4v) is 5.38. The van der Waals surface area contributed by atoms with Gasteiger partial charge in [-0.05, 0) is 37.5 Å². The molecule has 5 atom stereocenters. The number of nitrogens with one attached hydrogen (secondary N) is 1. The smallest absolute Gasteiger partial charge is 0.330 e. The molecule has 8 nitrogen and oxygen atoms in total. The second kappa shape index (κ2) is 6.29. The van der Waals surface area contributed by atoms with Crippen LogP contribution in [0.1, 0.15) is 58.2 Å². The molecule has 3 fully saturated rings. The largest absolute Gasteiger partial charge is 0.461 e. The number of rotatable bonds is 3. The van der Waals surface area contributed by atoms with Gasteiger partial charge < -0.3 is 4.74 Å². The van der Waals surface area contributed by atoms with Crippen molar-refractivity contribution in [2.75, 3.05) is 7.05 Å². The Hall–Kier alpha value is -1.93. The van der Waals surface area contributed by atoms with Crippen molar-refractivity contribution in [1.82, 2.24) is 14.6 Å². The number of hydroxylamine groups is 2. The summed E-state index contributed by atoms with van der Waals surface area (Å²) < 4.78 is 7.31. The summed E-state index contributed by atoms with van der Waals surface area (Å²) in [6.07, 6.45) is 4.20. The summed E-state index contributed by atoms with van der Waals surface area (Å²) in [5, 5.41) is 1.46. The lowest BCUT2D eigenvalue weighted by molar-refractivity contribution is -0.189. The van der Waals surface area contributed by atoms with Crippen LogP contribution in [0.2, 0.25) is 0 Å². The van der Waals surface area contributed by atoms with Crippen LogP contribution in [0.4, 0.5) is 0 Å². The Bertz CT molecular complexity index is 919. The first-order chi connectivity index (χ1) is 13.0. The van der Waals surface area contributed by atoms with Crippen molar-refractivity contribution in [2.24, 2.45) is 16.7 Å². The van der Waals surface area contributed by atoms with E-state index in [0.29, 0.717) is 11.5 Å². The van der Waals surface area contributed by atoms with Crippen LogP contribution in [0.3, 0.4) is 0 Å². The molecular weight excluding hydrogens is 362 g/mol. The molecule has 1 N–H and O–H groups in total. The van der Waals surface area contributed by atoms with Crippen LogP contribution in [0.5, 0.6) is 0 Å². The van der Waals surface area contributed by atoms with Crippen LogP contribution in [0.15, 0.2) is 15.8 Å². The number of nitrogens with zero attached hydrogens (tertiary/aromatic N) is 2. The number of H-pyrrole nitrogens is 1. The van der Waals surface area contributed by atoms with Gasteiger partial charge in [-0.2, -0.15) is 5.06 Å². The molecule has 1 aromatic heterocycles. The molecule has 3 aliphatic rings. The standard InChI is InChI=1S/C20H29N3O5/c1-11-10-23(18(26)21-16(11)24)15-9-13(22(5)28-15)17(25)27-14-8-12-6-7-20(14,4)19(12,2)3/h10,12-15H,6-9H2,1-5H3,(H,21,24,26)/t12-,13+,14+,15+,20+/m0/s1. The van der Waals surface area contributed by atoms with Gasteiger partial charge in [0.15, 0.2) is 6.23 Å². The Morgan fingerprint density at radius 3 is 2.61 bits per heavy atom. The van der Waals surface area contributed by atoms with E-state index in [1.165, 1.54) is 22.2 Å². The van der Waals surface area contributed by atoms with E-state index in [4.69, 9.17) is 9.57 Å². The maximum Gasteiger partial charge on any atom is 0.330 e. The van der Waals surface area contributed by atoms with E-state index in [9.17, 15) is 14.4 Å². The number of fused-ring (bicyclic) bond motifs is 2. The normalized spacial score (nSPS) is 36.8. The molecule has 2 heterocycles. The molecule has 154 valence electrons. The van der Waals surface area contributed by atoms with Gasteiger partial charge in [0.05, 0.1) is 0 Å². The number of esters is 1. The third-order valence-corrected chi connectivity index (χ3v) is 7.85. The SMILES string of the molecule is Cc1cn([C@H]2C[C@H](C(=O)O[C@@H]3C[C@@H]4CC[C@@]3(C)C4(C)C)N(C)O2)c(=O)[nH]c1=O. The summed E-state index contributed by atoms with van der Waals surface area (Å²) in [6.45, 7) is 8.42. The lowest BCUT2D eigenvalue weighted by atomic mass is 9.70. The van der Waals surface area contributed by atoms with Gasteiger partial charge in [-0.1, -0.05) is 20.8 Å². The van der Waals surface area contributed by atoms with Crippen molar-refractivity contribution in [3.05, 3.63) is 32.6 Å². The van der Waals surface area contributed by atoms with Crippen molar-refractivity contribution in [3.63, 3.8) is 0 Å². The summed E-state index contributed by atoms with van der Waals surface area (Å²) >= 11 is 0. The fraction of sp³-hybridized carbons (Fsp3) is 0.750. The maximum atomic E-state index is 12.9. The second-order valence-corrected chi connectivity index (χ2v) is 9.37. The van der Waals surface area contributed by atoms with Gasteiger partial charge in [0, 0.05) is 30.6 Å². The summed E-state index contributed by atoms with van der Waals surface area (Å²) in [6, 6.07) is -0.588. The van der Waals surface area contributed by atoms with Gasteiger partial charge >= 0.3 is 11.7 Å². The summed E-state index contributed by atoms with van der Waals surface area (Å²) in [4.78, 5) is 44.7. The van der Waals surface area contributed by atoms with Gasteiger partial charge in [0.2, 0.25) is 0 Å². The fourth-order valence-electron chi connectivity index (χ4n) is 5.38. The molecule has 2 bridgehead atoms. The first-order valence-corrected chi connectivity index (χ1v) is 9.97. The Morgan fingerprint density at radius 1 is 1.29 bits per heavy atom. The molecule has 0 spiro atoms. The van der Waals surface area contributed by atoms with Crippen LogP contribution in [-0.2, 0) is 14.4 Å². The van der Waals surface area contributed by atoms with Crippen molar-refractivity contribution >= 4 is 5.97 Å². The first-order valence-electron chi connectivity index (χ1n) is 9.97. The minimum absolute atomic E-state index is 0.00225. The topological polar surface area (TPSA) is 93.6 Å². The van der Waals surface area contributed by atoms with Crippen LogP contribution in [-0.4, -0.2) is 39.8 Å². The zero-order valence-corrected chi connectivity index (χ0v) is 17.2. The number of aromatic nitrogens is 2. The Kier molecular flexibility index (Phi) is 4.35. The molecule has 1 aromatic rings. The Labute approximate surface area is 163 Å². The van der Waals surface area contributed by atoms with E-state index in [1.54, 1.807) is 14.0 Å². The quantitative estimate of drug-likeness (QED) is 0.789. The predicted octanol–water partition coefficient (Wildman–Crippen LogP) is 1.74. The van der Waals surface area contributed by atoms with Gasteiger partial charge in [-0.3, -0.25) is 24.0 Å². The highest BCUT2D eigenvalue weighted by Crippen LogP contribution is 2.66. The number of carbonyl (C=O) groups excluding carboxylic acids is 1. The molecule has 0 unspecified atom stereocenters. The average molecular weight is 391 g/mol. The highest BCUT2D eigenvalue weighted by molar-refractivity contribution is 5.76. The van der Waals surface area contributed by atoms with E-state index in [2.05, 4.69) is 25.8 Å². The first kappa shape index (κ1) is 19.4. The molecule has 2 saturated carbocycles. The van der Waals surface area contributed by atoms with Crippen molar-refractivity contribution in [2.45, 2.75) is 71.8 Å². The Balaban J connectivity index is 1.49. The van der Waals surface area contributed by atoms with Crippen LogP contribution in [0.25, 0.3) is 0 Å². The van der Waals surface area contributed by atoms with E-state index in [1.807, 2.05) is 0 Å². The highest BCUT2D eigenvalue weighted by atomic mass is 16.7. The molecular formula is C20H29N3O5. The molecule has 0 aromatic carbocycles. The molecule has 0 radical (unpaired) electrons. The average Bonchev–Trinajstić information content (AvgIpc) is 3.16. The summed E-state index contributed by atoms with van der Waals surface area (Å²) in [7, 11) is 1.67. The van der Waals surface area contributed by atoms with Gasteiger partial charge in [0.25, 0.3) is 5.56 Å². The number of ether oxygens (including phenoxy) is 1. The van der Waals surface area contributed by atoms with Gasteiger partial charge in [-0.25, -0.2) is 4.79 Å². The zero-order chi connectivity index (χ0) is 20.4. The summed E-state index contributed by atoms with van der Waals surface area (Å²) in [5.41, 5.74) is -0.396.